The second-order valence-corrected chi connectivity index (χ2v) is 43.9. The molecule has 2 aliphatic heterocycles. The zero-order valence-corrected chi connectivity index (χ0v) is 89.9. The van der Waals surface area contributed by atoms with Crippen LogP contribution in [0.5, 0.6) is 0 Å². The fraction of sp³-hybridized carbons (Fsp3) is 0.352. The van der Waals surface area contributed by atoms with Gasteiger partial charge in [0.05, 0.1) is 13.2 Å². The number of nitrogens with one attached hydrogen (secondary N) is 4. The largest absolute Gasteiger partial charge is 1.00 e. The van der Waals surface area contributed by atoms with E-state index in [1.165, 1.54) is 15.9 Å². The molecular weight excluding hydrogens is 1960 g/mol. The fourth-order valence-electron chi connectivity index (χ4n) is 12.6. The first-order valence-corrected chi connectivity index (χ1v) is 49.9. The van der Waals surface area contributed by atoms with Gasteiger partial charge in [-0.05, 0) is 302 Å². The number of alkyl carbamates (subject to hydrolysis) is 3. The SMILES string of the molecule is CC(C)(C)OC(=O)N1CCc2ccc(Cl)cc2C1=O.CC(C)(C)OC(=O)NCCc1ccc(Cl)cc1CN.CC(C)(C)OC(=O)NCCc1ccc(Cl)cc1CN=[N+]=[N-].CC(C)(C)OC(=O)NCCc1ccc(Cl)cc1CO.CC(C)(C)OC(=O)OC(=O)OC(C)(C)C.O=C1NCCc2ccc(Cl)cc21.[B].[H-].[Li+].[N-]=[N+]=NP(=O)(c1ccccc1)c1ccccc1.c1ccc(P(c2ccccc2)c2ccccc2)cc1. The van der Waals surface area contributed by atoms with Gasteiger partial charge in [-0.3, -0.25) is 9.59 Å². The van der Waals surface area contributed by atoms with Gasteiger partial charge in [0.1, 0.15) is 33.6 Å². The molecule has 0 spiro atoms. The van der Waals surface area contributed by atoms with Crippen LogP contribution < -0.4 is 72.4 Å². The molecule has 2 heterocycles. The van der Waals surface area contributed by atoms with E-state index >= 15 is 0 Å². The maximum absolute atomic E-state index is 12.8. The molecule has 759 valence electrons. The molecule has 0 bridgehead atoms. The summed E-state index contributed by atoms with van der Waals surface area (Å²) in [6, 6.07) is 76.9. The first-order chi connectivity index (χ1) is 66.2. The number of amides is 6. The summed E-state index contributed by atoms with van der Waals surface area (Å²) in [4.78, 5) is 102. The smallest absolute Gasteiger partial charge is 1.00 e. The first kappa shape index (κ1) is 126. The van der Waals surface area contributed by atoms with Crippen LogP contribution in [-0.4, -0.2) is 133 Å². The molecule has 0 unspecified atom stereocenters. The number of benzene rings is 10. The summed E-state index contributed by atoms with van der Waals surface area (Å²) in [5.41, 5.74) is 28.0. The van der Waals surface area contributed by atoms with Crippen LogP contribution in [0.2, 0.25) is 25.1 Å². The summed E-state index contributed by atoms with van der Waals surface area (Å²) in [7, 11) is -3.66. The number of carbonyl (C=O) groups is 8. The molecule has 10 aromatic rings. The van der Waals surface area contributed by atoms with Gasteiger partial charge < -0.3 is 71.3 Å². The minimum absolute atomic E-state index is 0. The van der Waals surface area contributed by atoms with Gasteiger partial charge in [-0.2, -0.15) is 0 Å². The Morgan fingerprint density at radius 1 is 0.448 bits per heavy atom. The van der Waals surface area contributed by atoms with Gasteiger partial charge in [0, 0.05) is 104 Å². The van der Waals surface area contributed by atoms with Crippen LogP contribution in [0.4, 0.5) is 28.8 Å². The molecule has 0 aliphatic carbocycles. The third-order valence-electron chi connectivity index (χ3n) is 18.5. The Balaban J connectivity index is 0.000000557. The van der Waals surface area contributed by atoms with Crippen molar-refractivity contribution in [2.75, 3.05) is 32.7 Å². The maximum Gasteiger partial charge on any atom is 1.00 e. The number of hydrogen-bond donors (Lipinski definition) is 6. The number of imide groups is 1. The Kier molecular flexibility index (Phi) is 54.1. The number of aliphatic hydroxyl groups is 1. The van der Waals surface area contributed by atoms with Crippen molar-refractivity contribution in [2.24, 2.45) is 15.7 Å². The minimum Gasteiger partial charge on any atom is -1.00 e. The van der Waals surface area contributed by atoms with E-state index in [4.69, 9.17) is 103 Å². The third kappa shape index (κ3) is 49.5. The minimum atomic E-state index is -3.22. The number of nitrogens with zero attached hydrogens (tertiary/aromatic N) is 7. The van der Waals surface area contributed by atoms with E-state index in [0.717, 1.165) is 62.4 Å². The number of carbonyl (C=O) groups excluding carboxylic acids is 8. The molecule has 38 heteroatoms. The van der Waals surface area contributed by atoms with Crippen LogP contribution in [-0.2, 0) is 89.5 Å². The molecule has 143 heavy (non-hydrogen) atoms. The number of ether oxygens (including phenoxy) is 7. The summed E-state index contributed by atoms with van der Waals surface area (Å²) in [6.45, 7) is 34.7. The van der Waals surface area contributed by atoms with E-state index < -0.39 is 85.5 Å². The molecule has 10 aromatic carbocycles. The Labute approximate surface area is 880 Å². The molecule has 0 fully saturated rings. The average Bonchev–Trinajstić information content (AvgIpc) is 0.810. The van der Waals surface area contributed by atoms with Crippen LogP contribution in [0.25, 0.3) is 20.9 Å². The number of nitrogens with two attached hydrogens (primary N) is 1. The van der Waals surface area contributed by atoms with E-state index in [2.05, 4.69) is 137 Å². The second kappa shape index (κ2) is 61.6. The molecule has 2 aliphatic rings. The van der Waals surface area contributed by atoms with Crippen molar-refractivity contribution in [1.82, 2.24) is 26.2 Å². The third-order valence-corrected chi connectivity index (χ3v) is 24.5. The zero-order chi connectivity index (χ0) is 105. The van der Waals surface area contributed by atoms with E-state index in [0.29, 0.717) is 105 Å². The summed E-state index contributed by atoms with van der Waals surface area (Å²) in [6.07, 6.45) is -0.579. The summed E-state index contributed by atoms with van der Waals surface area (Å²) >= 11 is 29.3. The summed E-state index contributed by atoms with van der Waals surface area (Å²) in [5.74, 6) is -0.364. The molecule has 6 amide bonds. The zero-order valence-electron chi connectivity index (χ0n) is 85.3. The molecule has 0 aromatic heterocycles. The van der Waals surface area contributed by atoms with Gasteiger partial charge in [0.2, 0.25) is 7.29 Å². The van der Waals surface area contributed by atoms with Crippen LogP contribution in [0, 0.1) is 0 Å². The Morgan fingerprint density at radius 3 is 1.13 bits per heavy atom. The van der Waals surface area contributed by atoms with Gasteiger partial charge in [-0.1, -0.05) is 245 Å². The number of hydrogen-bond acceptors (Lipinski definition) is 19. The number of aliphatic hydroxyl groups excluding tert-OH is 1. The average molecular weight is 2090 g/mol. The van der Waals surface area contributed by atoms with Gasteiger partial charge in [0.15, 0.2) is 0 Å². The van der Waals surface area contributed by atoms with Crippen molar-refractivity contribution >= 4 is 157 Å². The molecular formula is C105H128BCl5LiN12O17P2. The Bertz CT molecular complexity index is 5670. The Morgan fingerprint density at radius 2 is 0.776 bits per heavy atom. The van der Waals surface area contributed by atoms with Crippen molar-refractivity contribution < 1.29 is 101 Å². The van der Waals surface area contributed by atoms with Gasteiger partial charge in [-0.15, -0.1) is 0 Å². The predicted molar refractivity (Wildman–Crippen MR) is 569 cm³/mol. The summed E-state index contributed by atoms with van der Waals surface area (Å²) in [5, 5.41) is 31.9. The molecule has 12 rings (SSSR count). The quantitative estimate of drug-likeness (QED) is 0.00640. The second-order valence-electron chi connectivity index (χ2n) is 37.1. The van der Waals surface area contributed by atoms with Crippen molar-refractivity contribution in [3.8, 4) is 0 Å². The van der Waals surface area contributed by atoms with Gasteiger partial charge >= 0.3 is 55.5 Å². The monoisotopic (exact) mass is 2080 g/mol. The van der Waals surface area contributed by atoms with Crippen molar-refractivity contribution in [3.05, 3.63) is 344 Å². The maximum atomic E-state index is 12.8. The first-order valence-electron chi connectivity index (χ1n) is 45.0. The van der Waals surface area contributed by atoms with Gasteiger partial charge in [-0.25, -0.2) is 33.7 Å². The number of halogens is 5. The van der Waals surface area contributed by atoms with Crippen molar-refractivity contribution in [3.63, 3.8) is 0 Å². The molecule has 0 saturated heterocycles. The number of azide groups is 2. The number of rotatable bonds is 19. The molecule has 0 saturated carbocycles. The normalized spacial score (nSPS) is 11.7. The molecule has 3 radical (unpaired) electrons. The standard InChI is InChI=1S/C18H15P.C14H19ClN4O2.C14H21ClN2O2.C14H16ClNO3.C14H20ClNO3.C12H10N3OP.C10H18O5.C9H8ClNO.B.Li.H/c1-4-10-16(11-5-1)19(17-12-6-2-7-13-17)18-14-8-3-9-15-18;1-14(2,3)21-13(20)17-7-6-10-4-5-12(15)8-11(10)9-18-19-16;1-14(2,3)19-13(18)17-7-6-10-4-5-12(15)8-11(10)9-16;1-14(2,3)19-13(18)16-7-6-9-4-5-10(15)8-11(9)12(16)17;1-14(2,3)19-13(18)16-7-6-10-4-5-12(15)8-11(10)9-17;13-14-15-17(16,11-7-3-1-4-8-11)12-9-5-2-6-10-12;1-9(2,3)14-7(11)13-8(12)15-10(4,5)6;10-7-2-1-6-3-4-11-9(12)8(6)5-7;;;/h1-15H;4-5,8H,6-7,9H2,1-3H3,(H,17,20);4-5,8H,6-7,9,16H2,1-3H3,(H,17,18);4-5,8H,6-7H2,1-3H3;4-5,8,17H,6-7,9H2,1-3H3,(H,16,18);1-10H;1-6H3;1-2,5H,3-4H2,(H,11,12);;;/q;;;;;;;;;+1;-1. The summed E-state index contributed by atoms with van der Waals surface area (Å²) < 4.78 is 47.3. The van der Waals surface area contributed by atoms with Crippen molar-refractivity contribution in [2.45, 2.75) is 210 Å². The van der Waals surface area contributed by atoms with Crippen LogP contribution in [0.3, 0.4) is 0 Å². The van der Waals surface area contributed by atoms with Crippen molar-refractivity contribution in [1.29, 1.82) is 0 Å². The topological polar surface area (TPSA) is 413 Å². The van der Waals surface area contributed by atoms with Crippen LogP contribution in [0.15, 0.2) is 253 Å². The Hall–Kier alpha value is -11.5. The van der Waals surface area contributed by atoms with E-state index in [1.54, 1.807) is 153 Å². The van der Waals surface area contributed by atoms with Crippen LogP contribution >= 0.6 is 73.2 Å². The predicted octanol–water partition coefficient (Wildman–Crippen LogP) is 21.2. The van der Waals surface area contributed by atoms with Gasteiger partial charge in [0.25, 0.3) is 11.8 Å². The van der Waals surface area contributed by atoms with E-state index in [-0.39, 0.29) is 53.7 Å². The molecule has 7 N–H and O–H groups in total. The van der Waals surface area contributed by atoms with E-state index in [9.17, 15) is 48.0 Å². The fourth-order valence-corrected chi connectivity index (χ4v) is 17.6. The van der Waals surface area contributed by atoms with E-state index in [1.807, 2.05) is 123 Å². The van der Waals surface area contributed by atoms with Crippen LogP contribution in [0.1, 0.15) is 191 Å². The molecule has 0 atom stereocenters. The molecule has 29 nitrogen and oxygen atoms in total. The number of fused-ring (bicyclic) bond motifs is 2.